The number of nitrogens with zero attached hydrogens (tertiary/aromatic N) is 3. The highest BCUT2D eigenvalue weighted by molar-refractivity contribution is 5.99. The summed E-state index contributed by atoms with van der Waals surface area (Å²) in [5, 5.41) is 16.8. The lowest BCUT2D eigenvalue weighted by Gasteiger charge is -2.14. The van der Waals surface area contributed by atoms with Gasteiger partial charge in [0.25, 0.3) is 5.91 Å². The Kier molecular flexibility index (Phi) is 4.98. The third-order valence-electron chi connectivity index (χ3n) is 3.67. The molecule has 23 heavy (non-hydrogen) atoms. The van der Waals surface area contributed by atoms with Crippen molar-refractivity contribution in [3.8, 4) is 0 Å². The molecule has 124 valence electrons. The maximum Gasteiger partial charge on any atom is 0.326 e. The fourth-order valence-electron chi connectivity index (χ4n) is 2.46. The van der Waals surface area contributed by atoms with E-state index in [2.05, 4.69) is 15.4 Å². The highest BCUT2D eigenvalue weighted by atomic mass is 16.4. The number of carbonyl (C=O) groups excluding carboxylic acids is 1. The van der Waals surface area contributed by atoms with Crippen LogP contribution in [-0.4, -0.2) is 37.8 Å². The molecule has 1 unspecified atom stereocenters. The first-order valence-corrected chi connectivity index (χ1v) is 7.73. The molecule has 2 heterocycles. The van der Waals surface area contributed by atoms with E-state index in [4.69, 9.17) is 5.11 Å². The van der Waals surface area contributed by atoms with Crippen LogP contribution in [0.15, 0.2) is 12.3 Å². The van der Waals surface area contributed by atoms with Crippen molar-refractivity contribution in [2.75, 3.05) is 0 Å². The SMILES string of the molecule is CCCC(NC(=O)c1cc2cnn(C(C)C)c2nc1C)C(=O)O. The number of fused-ring (bicyclic) bond motifs is 1. The minimum absolute atomic E-state index is 0.167. The lowest BCUT2D eigenvalue weighted by Crippen LogP contribution is -2.41. The largest absolute Gasteiger partial charge is 0.480 e. The first-order valence-electron chi connectivity index (χ1n) is 7.73. The topological polar surface area (TPSA) is 97.1 Å². The summed E-state index contributed by atoms with van der Waals surface area (Å²) in [6, 6.07) is 0.991. The number of aliphatic carboxylic acids is 1. The Bertz CT molecular complexity index is 736. The van der Waals surface area contributed by atoms with Crippen LogP contribution in [0, 0.1) is 6.92 Å². The molecule has 7 nitrogen and oxygen atoms in total. The van der Waals surface area contributed by atoms with Crippen molar-refractivity contribution < 1.29 is 14.7 Å². The van der Waals surface area contributed by atoms with Crippen LogP contribution in [0.1, 0.15) is 55.7 Å². The van der Waals surface area contributed by atoms with Gasteiger partial charge in [0.15, 0.2) is 5.65 Å². The average molecular weight is 318 g/mol. The Morgan fingerprint density at radius 2 is 2.09 bits per heavy atom. The average Bonchev–Trinajstić information content (AvgIpc) is 2.88. The van der Waals surface area contributed by atoms with Gasteiger partial charge < -0.3 is 10.4 Å². The summed E-state index contributed by atoms with van der Waals surface area (Å²) in [7, 11) is 0. The Hall–Kier alpha value is -2.44. The second kappa shape index (κ2) is 6.76. The van der Waals surface area contributed by atoms with Crippen molar-refractivity contribution in [2.45, 2.75) is 52.6 Å². The van der Waals surface area contributed by atoms with Gasteiger partial charge >= 0.3 is 5.97 Å². The van der Waals surface area contributed by atoms with Gasteiger partial charge in [0.2, 0.25) is 0 Å². The van der Waals surface area contributed by atoms with Crippen molar-refractivity contribution in [1.82, 2.24) is 20.1 Å². The van der Waals surface area contributed by atoms with Crippen LogP contribution in [0.4, 0.5) is 0 Å². The fourth-order valence-corrected chi connectivity index (χ4v) is 2.46. The van der Waals surface area contributed by atoms with Gasteiger partial charge in [0.05, 0.1) is 17.5 Å². The van der Waals surface area contributed by atoms with Gasteiger partial charge in [0.1, 0.15) is 6.04 Å². The van der Waals surface area contributed by atoms with Crippen LogP contribution in [0.5, 0.6) is 0 Å². The molecule has 1 atom stereocenters. The summed E-state index contributed by atoms with van der Waals surface area (Å²) >= 11 is 0. The molecule has 0 aliphatic rings. The van der Waals surface area contributed by atoms with E-state index < -0.39 is 17.9 Å². The summed E-state index contributed by atoms with van der Waals surface area (Å²) in [6.45, 7) is 7.63. The highest BCUT2D eigenvalue weighted by Crippen LogP contribution is 2.19. The predicted molar refractivity (Wildman–Crippen MR) is 86.4 cm³/mol. The Labute approximate surface area is 134 Å². The minimum Gasteiger partial charge on any atom is -0.480 e. The number of amides is 1. The Balaban J connectivity index is 2.34. The molecule has 2 aromatic heterocycles. The number of carboxylic acids is 1. The Morgan fingerprint density at radius 3 is 2.65 bits per heavy atom. The van der Waals surface area contributed by atoms with E-state index in [0.29, 0.717) is 24.1 Å². The summed E-state index contributed by atoms with van der Waals surface area (Å²) in [4.78, 5) is 28.1. The maximum atomic E-state index is 12.4. The van der Waals surface area contributed by atoms with Crippen molar-refractivity contribution in [1.29, 1.82) is 0 Å². The zero-order valence-electron chi connectivity index (χ0n) is 13.8. The summed E-state index contributed by atoms with van der Waals surface area (Å²) in [6.07, 6.45) is 2.73. The van der Waals surface area contributed by atoms with Crippen molar-refractivity contribution in [3.05, 3.63) is 23.5 Å². The molecule has 2 rings (SSSR count). The van der Waals surface area contributed by atoms with Crippen molar-refractivity contribution >= 4 is 22.9 Å². The second-order valence-corrected chi connectivity index (χ2v) is 5.87. The number of hydrogen-bond acceptors (Lipinski definition) is 4. The molecule has 0 spiro atoms. The van der Waals surface area contributed by atoms with Crippen LogP contribution in [-0.2, 0) is 4.79 Å². The van der Waals surface area contributed by atoms with Crippen LogP contribution in [0.2, 0.25) is 0 Å². The second-order valence-electron chi connectivity index (χ2n) is 5.87. The molecule has 0 aromatic carbocycles. The number of hydrogen-bond donors (Lipinski definition) is 2. The smallest absolute Gasteiger partial charge is 0.326 e. The first-order chi connectivity index (χ1) is 10.8. The molecule has 7 heteroatoms. The van der Waals surface area contributed by atoms with E-state index >= 15 is 0 Å². The molecule has 0 aliphatic carbocycles. The molecule has 2 N–H and O–H groups in total. The van der Waals surface area contributed by atoms with Crippen molar-refractivity contribution in [2.24, 2.45) is 0 Å². The number of carbonyl (C=O) groups is 2. The highest BCUT2D eigenvalue weighted by Gasteiger charge is 2.22. The van der Waals surface area contributed by atoms with E-state index in [1.807, 2.05) is 20.8 Å². The zero-order chi connectivity index (χ0) is 17.1. The summed E-state index contributed by atoms with van der Waals surface area (Å²) in [5.74, 6) is -1.45. The third kappa shape index (κ3) is 3.49. The third-order valence-corrected chi connectivity index (χ3v) is 3.67. The normalized spacial score (nSPS) is 12.6. The van der Waals surface area contributed by atoms with E-state index in [1.165, 1.54) is 0 Å². The number of carboxylic acid groups (broad SMARTS) is 1. The molecule has 0 saturated carbocycles. The molecule has 2 aromatic rings. The molecule has 1 amide bonds. The maximum absolute atomic E-state index is 12.4. The molecule has 0 saturated heterocycles. The molecular formula is C16H22N4O3. The lowest BCUT2D eigenvalue weighted by atomic mass is 10.1. The van der Waals surface area contributed by atoms with E-state index in [0.717, 1.165) is 11.0 Å². The predicted octanol–water partition coefficient (Wildman–Crippen LogP) is 2.30. The minimum atomic E-state index is -1.03. The standard InChI is InChI=1S/C16H22N4O3/c1-5-6-13(16(22)23)19-15(21)12-7-11-8-17-20(9(2)3)14(11)18-10(12)4/h7-9,13H,5-6H2,1-4H3,(H,19,21)(H,22,23). The molecular weight excluding hydrogens is 296 g/mol. The number of aromatic nitrogens is 3. The number of rotatable bonds is 6. The summed E-state index contributed by atoms with van der Waals surface area (Å²) in [5.41, 5.74) is 1.65. The van der Waals surface area contributed by atoms with Crippen molar-refractivity contribution in [3.63, 3.8) is 0 Å². The zero-order valence-corrected chi connectivity index (χ0v) is 13.8. The van der Waals surface area contributed by atoms with Crippen LogP contribution in [0.3, 0.4) is 0 Å². The van der Waals surface area contributed by atoms with Gasteiger partial charge in [-0.3, -0.25) is 4.79 Å². The number of nitrogens with one attached hydrogen (secondary N) is 1. The Morgan fingerprint density at radius 1 is 1.39 bits per heavy atom. The van der Waals surface area contributed by atoms with Gasteiger partial charge in [-0.15, -0.1) is 0 Å². The monoisotopic (exact) mass is 318 g/mol. The van der Waals surface area contributed by atoms with Gasteiger partial charge in [-0.1, -0.05) is 13.3 Å². The van der Waals surface area contributed by atoms with Gasteiger partial charge in [-0.25, -0.2) is 14.5 Å². The lowest BCUT2D eigenvalue weighted by molar-refractivity contribution is -0.139. The quantitative estimate of drug-likeness (QED) is 0.852. The van der Waals surface area contributed by atoms with E-state index in [9.17, 15) is 9.59 Å². The van der Waals surface area contributed by atoms with E-state index in [1.54, 1.807) is 23.9 Å². The van der Waals surface area contributed by atoms with Crippen LogP contribution in [0.25, 0.3) is 11.0 Å². The summed E-state index contributed by atoms with van der Waals surface area (Å²) < 4.78 is 1.79. The van der Waals surface area contributed by atoms with Gasteiger partial charge in [-0.2, -0.15) is 5.10 Å². The molecule has 0 bridgehead atoms. The fraction of sp³-hybridized carbons (Fsp3) is 0.500. The molecule has 0 aliphatic heterocycles. The number of aryl methyl sites for hydroxylation is 1. The molecule has 0 fully saturated rings. The molecule has 0 radical (unpaired) electrons. The van der Waals surface area contributed by atoms with E-state index in [-0.39, 0.29) is 6.04 Å². The van der Waals surface area contributed by atoms with Crippen LogP contribution < -0.4 is 5.32 Å². The first kappa shape index (κ1) is 16.9. The van der Waals surface area contributed by atoms with Crippen LogP contribution >= 0.6 is 0 Å². The van der Waals surface area contributed by atoms with Gasteiger partial charge in [0, 0.05) is 11.4 Å². The van der Waals surface area contributed by atoms with Gasteiger partial charge in [-0.05, 0) is 33.3 Å². The number of pyridine rings is 1.